The normalized spacial score (nSPS) is 10.8. The molecule has 3 N–H and O–H groups in total. The zero-order valence-electron chi connectivity index (χ0n) is 9.13. The smallest absolute Gasteiger partial charge is 0.141 e. The summed E-state index contributed by atoms with van der Waals surface area (Å²) in [6.07, 6.45) is 0.533. The number of nitrogens with one attached hydrogen (secondary N) is 1. The van der Waals surface area contributed by atoms with Crippen molar-refractivity contribution in [3.05, 3.63) is 34.6 Å². The predicted molar refractivity (Wildman–Crippen MR) is 64.3 cm³/mol. The van der Waals surface area contributed by atoms with Gasteiger partial charge in [0.15, 0.2) is 0 Å². The topological polar surface area (TPSA) is 53.1 Å². The summed E-state index contributed by atoms with van der Waals surface area (Å²) in [5, 5.41) is 7.25. The molecule has 0 radical (unpaired) electrons. The first-order valence-electron chi connectivity index (χ1n) is 4.94. The second-order valence-corrected chi connectivity index (χ2v) is 4.17. The first kappa shape index (κ1) is 12.9. The van der Waals surface area contributed by atoms with Crippen molar-refractivity contribution in [1.29, 1.82) is 5.41 Å². The average molecular weight is 244 g/mol. The van der Waals surface area contributed by atoms with Crippen LogP contribution in [0.2, 0.25) is 5.02 Å². The minimum Gasteiger partial charge on any atom is -0.388 e. The van der Waals surface area contributed by atoms with E-state index in [0.29, 0.717) is 19.5 Å². The third-order valence-electron chi connectivity index (χ3n) is 2.20. The molecule has 88 valence electrons. The fourth-order valence-corrected chi connectivity index (χ4v) is 1.54. The van der Waals surface area contributed by atoms with Crippen molar-refractivity contribution in [1.82, 2.24) is 4.90 Å². The van der Waals surface area contributed by atoms with Crippen LogP contribution in [-0.4, -0.2) is 24.3 Å². The Labute approximate surface area is 99.5 Å². The Kier molecular flexibility index (Phi) is 4.71. The molecule has 0 heterocycles. The van der Waals surface area contributed by atoms with Crippen molar-refractivity contribution in [2.24, 2.45) is 5.73 Å². The minimum absolute atomic E-state index is 0.137. The third kappa shape index (κ3) is 4.16. The second kappa shape index (κ2) is 5.82. The minimum atomic E-state index is -0.406. The zero-order chi connectivity index (χ0) is 12.1. The molecule has 3 nitrogen and oxygen atoms in total. The summed E-state index contributed by atoms with van der Waals surface area (Å²) in [4.78, 5) is 2.00. The monoisotopic (exact) mass is 243 g/mol. The standard InChI is InChI=1S/C11H15ClFN3/c1-16(5-4-11(14)15)7-8-2-3-10(13)9(12)6-8/h2-3,6H,4-5,7H2,1H3,(H3,14,15). The van der Waals surface area contributed by atoms with Crippen molar-refractivity contribution in [3.63, 3.8) is 0 Å². The molecule has 0 spiro atoms. The molecular weight excluding hydrogens is 229 g/mol. The van der Waals surface area contributed by atoms with Crippen LogP contribution >= 0.6 is 11.6 Å². The van der Waals surface area contributed by atoms with Gasteiger partial charge in [-0.2, -0.15) is 0 Å². The zero-order valence-corrected chi connectivity index (χ0v) is 9.89. The van der Waals surface area contributed by atoms with Crippen LogP contribution in [0.5, 0.6) is 0 Å². The second-order valence-electron chi connectivity index (χ2n) is 3.76. The van der Waals surface area contributed by atoms with E-state index in [9.17, 15) is 4.39 Å². The molecule has 0 aliphatic rings. The lowest BCUT2D eigenvalue weighted by Gasteiger charge is -2.16. The van der Waals surface area contributed by atoms with Crippen molar-refractivity contribution in [2.45, 2.75) is 13.0 Å². The molecule has 0 aromatic heterocycles. The number of amidine groups is 1. The summed E-state index contributed by atoms with van der Waals surface area (Å²) in [5.41, 5.74) is 6.21. The van der Waals surface area contributed by atoms with Gasteiger partial charge >= 0.3 is 0 Å². The first-order valence-corrected chi connectivity index (χ1v) is 5.32. The van der Waals surface area contributed by atoms with Gasteiger partial charge in [0.05, 0.1) is 10.9 Å². The van der Waals surface area contributed by atoms with Gasteiger partial charge in [-0.25, -0.2) is 4.39 Å². The van der Waals surface area contributed by atoms with Gasteiger partial charge in [0.1, 0.15) is 5.82 Å². The van der Waals surface area contributed by atoms with Crippen LogP contribution in [0.15, 0.2) is 18.2 Å². The maximum absolute atomic E-state index is 12.9. The van der Waals surface area contributed by atoms with E-state index < -0.39 is 5.82 Å². The largest absolute Gasteiger partial charge is 0.388 e. The van der Waals surface area contributed by atoms with Crippen LogP contribution < -0.4 is 5.73 Å². The van der Waals surface area contributed by atoms with Crippen LogP contribution in [0.4, 0.5) is 4.39 Å². The van der Waals surface area contributed by atoms with E-state index in [1.807, 2.05) is 11.9 Å². The van der Waals surface area contributed by atoms with E-state index in [1.54, 1.807) is 12.1 Å². The molecule has 0 bridgehead atoms. The molecular formula is C11H15ClFN3. The number of nitrogens with two attached hydrogens (primary N) is 1. The summed E-state index contributed by atoms with van der Waals surface area (Å²) < 4.78 is 12.9. The molecule has 1 aromatic rings. The van der Waals surface area contributed by atoms with E-state index in [4.69, 9.17) is 22.7 Å². The maximum atomic E-state index is 12.9. The molecule has 0 fully saturated rings. The SMILES string of the molecule is CN(CCC(=N)N)Cc1ccc(F)c(Cl)c1. The summed E-state index contributed by atoms with van der Waals surface area (Å²) in [6, 6.07) is 4.67. The third-order valence-corrected chi connectivity index (χ3v) is 2.49. The average Bonchev–Trinajstić information content (AvgIpc) is 2.21. The molecule has 0 saturated carbocycles. The van der Waals surface area contributed by atoms with Crippen molar-refractivity contribution in [2.75, 3.05) is 13.6 Å². The van der Waals surface area contributed by atoms with Gasteiger partial charge in [0.25, 0.3) is 0 Å². The number of hydrogen-bond acceptors (Lipinski definition) is 2. The Hall–Kier alpha value is -1.13. The lowest BCUT2D eigenvalue weighted by molar-refractivity contribution is 0.336. The molecule has 0 aliphatic heterocycles. The molecule has 0 saturated heterocycles. The van der Waals surface area contributed by atoms with Crippen molar-refractivity contribution in [3.8, 4) is 0 Å². The van der Waals surface area contributed by atoms with Gasteiger partial charge in [-0.1, -0.05) is 17.7 Å². The predicted octanol–water partition coefficient (Wildman–Crippen LogP) is 2.24. The highest BCUT2D eigenvalue weighted by atomic mass is 35.5. The van der Waals surface area contributed by atoms with Gasteiger partial charge in [-0.05, 0) is 24.7 Å². The molecule has 0 unspecified atom stereocenters. The molecule has 1 aromatic carbocycles. The fourth-order valence-electron chi connectivity index (χ4n) is 1.34. The van der Waals surface area contributed by atoms with E-state index in [1.165, 1.54) is 6.07 Å². The molecule has 0 aliphatic carbocycles. The quantitative estimate of drug-likeness (QED) is 0.616. The van der Waals surface area contributed by atoms with E-state index in [2.05, 4.69) is 0 Å². The van der Waals surface area contributed by atoms with E-state index >= 15 is 0 Å². The van der Waals surface area contributed by atoms with Gasteiger partial charge in [0.2, 0.25) is 0 Å². The Bertz CT molecular complexity index is 381. The first-order chi connectivity index (χ1) is 7.49. The highest BCUT2D eigenvalue weighted by Gasteiger charge is 2.04. The van der Waals surface area contributed by atoms with Gasteiger partial charge in [0, 0.05) is 19.5 Å². The Morgan fingerprint density at radius 3 is 2.81 bits per heavy atom. The number of rotatable bonds is 5. The number of halogens is 2. The van der Waals surface area contributed by atoms with Gasteiger partial charge < -0.3 is 10.6 Å². The molecule has 0 atom stereocenters. The fraction of sp³-hybridized carbons (Fsp3) is 0.364. The van der Waals surface area contributed by atoms with Gasteiger partial charge in [-0.15, -0.1) is 0 Å². The number of nitrogens with zero attached hydrogens (tertiary/aromatic N) is 1. The lowest BCUT2D eigenvalue weighted by Crippen LogP contribution is -2.23. The van der Waals surface area contributed by atoms with Gasteiger partial charge in [-0.3, -0.25) is 5.41 Å². The summed E-state index contributed by atoms with van der Waals surface area (Å²) in [7, 11) is 1.92. The maximum Gasteiger partial charge on any atom is 0.141 e. The number of hydrogen-bond donors (Lipinski definition) is 2. The molecule has 5 heteroatoms. The van der Waals surface area contributed by atoms with Crippen LogP contribution in [0.1, 0.15) is 12.0 Å². The van der Waals surface area contributed by atoms with Crippen LogP contribution in [-0.2, 0) is 6.54 Å². The van der Waals surface area contributed by atoms with Crippen LogP contribution in [0, 0.1) is 11.2 Å². The van der Waals surface area contributed by atoms with Crippen molar-refractivity contribution < 1.29 is 4.39 Å². The van der Waals surface area contributed by atoms with Crippen molar-refractivity contribution >= 4 is 17.4 Å². The lowest BCUT2D eigenvalue weighted by atomic mass is 10.2. The molecule has 1 rings (SSSR count). The van der Waals surface area contributed by atoms with Crippen LogP contribution in [0.3, 0.4) is 0 Å². The Morgan fingerprint density at radius 1 is 1.56 bits per heavy atom. The van der Waals surface area contributed by atoms with E-state index in [-0.39, 0.29) is 10.9 Å². The summed E-state index contributed by atoms with van der Waals surface area (Å²) in [6.45, 7) is 1.36. The van der Waals surface area contributed by atoms with Crippen LogP contribution in [0.25, 0.3) is 0 Å². The molecule has 0 amide bonds. The molecule has 16 heavy (non-hydrogen) atoms. The Morgan fingerprint density at radius 2 is 2.25 bits per heavy atom. The Balaban J connectivity index is 2.52. The highest BCUT2D eigenvalue weighted by Crippen LogP contribution is 2.16. The van der Waals surface area contributed by atoms with E-state index in [0.717, 1.165) is 5.56 Å². The highest BCUT2D eigenvalue weighted by molar-refractivity contribution is 6.30. The summed E-state index contributed by atoms with van der Waals surface area (Å²) >= 11 is 5.68. The number of benzene rings is 1. The summed E-state index contributed by atoms with van der Waals surface area (Å²) in [5.74, 6) is -0.235.